The van der Waals surface area contributed by atoms with Gasteiger partial charge in [0.15, 0.2) is 0 Å². The van der Waals surface area contributed by atoms with Gasteiger partial charge in [-0.15, -0.1) is 0 Å². The Kier molecular flexibility index (Phi) is 7.38. The first kappa shape index (κ1) is 28.3. The number of nitrogens with zero attached hydrogens (tertiary/aromatic N) is 6. The average Bonchev–Trinajstić information content (AvgIpc) is 3.93. The summed E-state index contributed by atoms with van der Waals surface area (Å²) in [4.78, 5) is 36.0. The predicted molar refractivity (Wildman–Crippen MR) is 150 cm³/mol. The highest BCUT2D eigenvalue weighted by Crippen LogP contribution is 2.54. The first-order chi connectivity index (χ1) is 20.8. The fraction of sp³-hybridized carbons (Fsp3) is 0.667. The summed E-state index contributed by atoms with van der Waals surface area (Å²) in [6, 6.07) is 1.40. The van der Waals surface area contributed by atoms with Crippen LogP contribution in [-0.4, -0.2) is 66.9 Å². The minimum atomic E-state index is -2.96. The van der Waals surface area contributed by atoms with E-state index in [4.69, 9.17) is 19.8 Å². The number of fused-ring (bicyclic) bond motifs is 1. The van der Waals surface area contributed by atoms with Crippen LogP contribution in [0.1, 0.15) is 91.4 Å². The van der Waals surface area contributed by atoms with Crippen LogP contribution in [0.2, 0.25) is 0 Å². The number of carbonyl (C=O) groups excluding carboxylic acids is 2. The summed E-state index contributed by atoms with van der Waals surface area (Å²) in [6.07, 6.45) is 9.00. The molecular formula is C30H38F2N8O3. The summed E-state index contributed by atoms with van der Waals surface area (Å²) >= 11 is 0. The molecule has 7 rings (SSSR count). The molecule has 2 aliphatic carbocycles. The topological polar surface area (TPSA) is 128 Å². The maximum Gasteiger partial charge on any atom is 0.270 e. The van der Waals surface area contributed by atoms with Crippen molar-refractivity contribution in [2.45, 2.75) is 82.7 Å². The molecule has 4 fully saturated rings. The first-order valence-electron chi connectivity index (χ1n) is 15.6. The number of carbonyl (C=O) groups is 2. The molecule has 4 aliphatic rings. The molecule has 3 aromatic heterocycles. The van der Waals surface area contributed by atoms with Gasteiger partial charge >= 0.3 is 0 Å². The zero-order valence-electron chi connectivity index (χ0n) is 24.3. The van der Waals surface area contributed by atoms with E-state index in [-0.39, 0.29) is 36.1 Å². The number of ether oxygens (including phenoxy) is 1. The monoisotopic (exact) mass is 596 g/mol. The molecule has 230 valence electrons. The summed E-state index contributed by atoms with van der Waals surface area (Å²) < 4.78 is 37.4. The van der Waals surface area contributed by atoms with E-state index in [9.17, 15) is 18.4 Å². The lowest BCUT2D eigenvalue weighted by atomic mass is 9.87. The molecule has 2 saturated carbocycles. The third-order valence-electron chi connectivity index (χ3n) is 9.49. The molecule has 5 heterocycles. The van der Waals surface area contributed by atoms with Gasteiger partial charge in [-0.1, -0.05) is 0 Å². The Labute approximate surface area is 248 Å². The van der Waals surface area contributed by atoms with E-state index in [0.717, 1.165) is 38.5 Å². The predicted octanol–water partition coefficient (Wildman–Crippen LogP) is 3.46. The molecular weight excluding hydrogens is 558 g/mol. The van der Waals surface area contributed by atoms with E-state index < -0.39 is 24.8 Å². The first-order valence-corrected chi connectivity index (χ1v) is 15.6. The molecule has 2 aliphatic heterocycles. The van der Waals surface area contributed by atoms with Gasteiger partial charge in [-0.25, -0.2) is 23.3 Å². The molecule has 2 saturated heterocycles. The van der Waals surface area contributed by atoms with Gasteiger partial charge in [-0.2, -0.15) is 10.2 Å². The number of amides is 2. The smallest absolute Gasteiger partial charge is 0.270 e. The number of hydrogen-bond acceptors (Lipinski definition) is 7. The summed E-state index contributed by atoms with van der Waals surface area (Å²) in [7, 11) is 0. The van der Waals surface area contributed by atoms with Crippen LogP contribution in [0.3, 0.4) is 0 Å². The van der Waals surface area contributed by atoms with Crippen molar-refractivity contribution in [3.8, 4) is 0 Å². The zero-order valence-corrected chi connectivity index (χ0v) is 24.3. The second-order valence-electron chi connectivity index (χ2n) is 12.7. The molecule has 0 spiro atoms. The minimum absolute atomic E-state index is 0.0315. The molecule has 0 radical (unpaired) electrons. The Morgan fingerprint density at radius 3 is 2.60 bits per heavy atom. The molecule has 0 bridgehead atoms. The van der Waals surface area contributed by atoms with Gasteiger partial charge in [-0.3, -0.25) is 14.3 Å². The van der Waals surface area contributed by atoms with Crippen molar-refractivity contribution >= 4 is 17.6 Å². The Balaban J connectivity index is 1.26. The molecule has 2 N–H and O–H groups in total. The van der Waals surface area contributed by atoms with Gasteiger partial charge in [0.25, 0.3) is 17.6 Å². The van der Waals surface area contributed by atoms with Gasteiger partial charge in [0.05, 0.1) is 35.9 Å². The summed E-state index contributed by atoms with van der Waals surface area (Å²) in [6.45, 7) is 3.04. The summed E-state index contributed by atoms with van der Waals surface area (Å²) in [5.74, 6) is -2.69. The highest BCUT2D eigenvalue weighted by Gasteiger charge is 2.47. The number of imidazole rings is 1. The largest absolute Gasteiger partial charge is 0.381 e. The van der Waals surface area contributed by atoms with Gasteiger partial charge in [0.2, 0.25) is 5.91 Å². The Bertz CT molecular complexity index is 1500. The van der Waals surface area contributed by atoms with Crippen LogP contribution in [0.25, 0.3) is 5.78 Å². The molecule has 2 amide bonds. The number of hydrogen-bond donors (Lipinski definition) is 2. The number of halogens is 2. The quantitative estimate of drug-likeness (QED) is 0.367. The summed E-state index contributed by atoms with van der Waals surface area (Å²) in [5, 5.41) is 14.8. The van der Waals surface area contributed by atoms with E-state index in [1.165, 1.54) is 0 Å². The van der Waals surface area contributed by atoms with Crippen molar-refractivity contribution in [2.75, 3.05) is 19.8 Å². The Morgan fingerprint density at radius 1 is 1.16 bits per heavy atom. The van der Waals surface area contributed by atoms with Crippen LogP contribution >= 0.6 is 0 Å². The van der Waals surface area contributed by atoms with E-state index in [1.54, 1.807) is 21.5 Å². The molecule has 13 heteroatoms. The minimum Gasteiger partial charge on any atom is -0.381 e. The lowest BCUT2D eigenvalue weighted by molar-refractivity contribution is -0.136. The molecule has 2 atom stereocenters. The number of rotatable bonds is 10. The Morgan fingerprint density at radius 2 is 1.91 bits per heavy atom. The standard InChI is InChI=1S/C30H38F2N8O3/c1-2-39-23(7-10-34-39)28(42)36-26(24(17-3-4-17)18-5-6-18)22-15-40-29(35-22)37-25(19-8-11-43-12-9-19)21(38-40)13-20-14-30(31,32)16-33-27(20)41/h7,10,15,17-20,24,26H,2-6,8-9,11-14,16H2,1H3,(H,33,41)(H,36,42)/t20-,26+/m0/s1. The fourth-order valence-electron chi connectivity index (χ4n) is 7.01. The highest BCUT2D eigenvalue weighted by molar-refractivity contribution is 5.92. The van der Waals surface area contributed by atoms with Crippen LogP contribution < -0.4 is 10.6 Å². The van der Waals surface area contributed by atoms with Crippen molar-refractivity contribution in [1.29, 1.82) is 0 Å². The number of nitrogens with one attached hydrogen (secondary N) is 2. The van der Waals surface area contributed by atoms with Crippen molar-refractivity contribution < 1.29 is 23.1 Å². The average molecular weight is 597 g/mol. The highest BCUT2D eigenvalue weighted by atomic mass is 19.3. The van der Waals surface area contributed by atoms with Crippen LogP contribution in [0.4, 0.5) is 8.78 Å². The van der Waals surface area contributed by atoms with Crippen LogP contribution in [0.15, 0.2) is 18.5 Å². The normalized spacial score (nSPS) is 23.4. The number of aromatic nitrogens is 6. The van der Waals surface area contributed by atoms with Gasteiger partial charge in [0, 0.05) is 50.6 Å². The number of piperidine rings is 1. The molecule has 0 aromatic carbocycles. The second-order valence-corrected chi connectivity index (χ2v) is 12.7. The Hall–Kier alpha value is -3.48. The number of aryl methyl sites for hydroxylation is 1. The second kappa shape index (κ2) is 11.2. The summed E-state index contributed by atoms with van der Waals surface area (Å²) in [5.41, 5.74) is 2.43. The van der Waals surface area contributed by atoms with Crippen LogP contribution in [0.5, 0.6) is 0 Å². The van der Waals surface area contributed by atoms with Crippen LogP contribution in [-0.2, 0) is 22.5 Å². The SMILES string of the molecule is CCn1nccc1C(=O)N[C@H](c1cn2nc(C[C@H]3CC(F)(F)CNC3=O)c(C3CCOCC3)nc2n1)C(C1CC1)C1CC1. The van der Waals surface area contributed by atoms with Crippen molar-refractivity contribution in [3.05, 3.63) is 41.2 Å². The van der Waals surface area contributed by atoms with E-state index in [1.807, 2.05) is 13.1 Å². The molecule has 0 unspecified atom stereocenters. The fourth-order valence-corrected chi connectivity index (χ4v) is 7.01. The van der Waals surface area contributed by atoms with Crippen molar-refractivity contribution in [1.82, 2.24) is 40.0 Å². The van der Waals surface area contributed by atoms with E-state index >= 15 is 0 Å². The molecule has 11 nitrogen and oxygen atoms in total. The van der Waals surface area contributed by atoms with E-state index in [2.05, 4.69) is 15.7 Å². The maximum absolute atomic E-state index is 14.3. The van der Waals surface area contributed by atoms with Crippen molar-refractivity contribution in [2.24, 2.45) is 23.7 Å². The maximum atomic E-state index is 14.3. The molecule has 43 heavy (non-hydrogen) atoms. The van der Waals surface area contributed by atoms with Crippen LogP contribution in [0, 0.1) is 23.7 Å². The van der Waals surface area contributed by atoms with E-state index in [0.29, 0.717) is 60.1 Å². The third-order valence-corrected chi connectivity index (χ3v) is 9.49. The van der Waals surface area contributed by atoms with Gasteiger partial charge in [-0.05, 0) is 69.3 Å². The van der Waals surface area contributed by atoms with Gasteiger partial charge in [0.1, 0.15) is 5.69 Å². The molecule has 3 aromatic rings. The lowest BCUT2D eigenvalue weighted by Gasteiger charge is -2.29. The number of alkyl halides is 2. The lowest BCUT2D eigenvalue weighted by Crippen LogP contribution is -2.48. The van der Waals surface area contributed by atoms with Crippen molar-refractivity contribution in [3.63, 3.8) is 0 Å². The zero-order chi connectivity index (χ0) is 29.7. The van der Waals surface area contributed by atoms with Gasteiger partial charge < -0.3 is 15.4 Å². The third kappa shape index (κ3) is 5.87.